The molecule has 0 aromatic heterocycles. The van der Waals surface area contributed by atoms with Gasteiger partial charge in [-0.3, -0.25) is 0 Å². The summed E-state index contributed by atoms with van der Waals surface area (Å²) in [6.07, 6.45) is -0.679. The predicted molar refractivity (Wildman–Crippen MR) is 81.1 cm³/mol. The summed E-state index contributed by atoms with van der Waals surface area (Å²) in [5.41, 5.74) is 0.853. The molecule has 1 N–H and O–H groups in total. The van der Waals surface area contributed by atoms with Crippen LogP contribution in [0.5, 0.6) is 5.75 Å². The van der Waals surface area contributed by atoms with Gasteiger partial charge in [-0.25, -0.2) is 4.79 Å². The van der Waals surface area contributed by atoms with Gasteiger partial charge in [0.25, 0.3) is 0 Å². The lowest BCUT2D eigenvalue weighted by molar-refractivity contribution is -0.148. The lowest BCUT2D eigenvalue weighted by Gasteiger charge is -2.35. The Morgan fingerprint density at radius 2 is 2.20 bits per heavy atom. The first-order valence-corrected chi connectivity index (χ1v) is 6.85. The van der Waals surface area contributed by atoms with E-state index in [2.05, 4.69) is 5.32 Å². The molecule has 5 nitrogen and oxygen atoms in total. The Labute approximate surface area is 123 Å². The monoisotopic (exact) mass is 294 g/mol. The summed E-state index contributed by atoms with van der Waals surface area (Å²) in [4.78, 5) is 13.6. The highest BCUT2D eigenvalue weighted by molar-refractivity contribution is 7.80. The van der Waals surface area contributed by atoms with E-state index in [9.17, 15) is 4.79 Å². The number of para-hydroxylation sites is 2. The van der Waals surface area contributed by atoms with E-state index in [1.807, 2.05) is 43.0 Å². The number of nitrogens with one attached hydrogen (secondary N) is 1. The van der Waals surface area contributed by atoms with Crippen molar-refractivity contribution in [1.29, 1.82) is 0 Å². The average Bonchev–Trinajstić information content (AvgIpc) is 2.44. The average molecular weight is 294 g/mol. The summed E-state index contributed by atoms with van der Waals surface area (Å²) in [6, 6.07) is 7.71. The summed E-state index contributed by atoms with van der Waals surface area (Å²) in [5, 5.41) is 3.75. The lowest BCUT2D eigenvalue weighted by Crippen LogP contribution is -2.51. The van der Waals surface area contributed by atoms with Gasteiger partial charge in [-0.1, -0.05) is 12.1 Å². The second-order valence-electron chi connectivity index (χ2n) is 4.81. The topological polar surface area (TPSA) is 50.8 Å². The Kier molecular flexibility index (Phi) is 4.44. The molecule has 1 heterocycles. The van der Waals surface area contributed by atoms with Crippen LogP contribution in [0.3, 0.4) is 0 Å². The van der Waals surface area contributed by atoms with Gasteiger partial charge in [0.1, 0.15) is 5.75 Å². The quantitative estimate of drug-likeness (QED) is 0.662. The maximum Gasteiger partial charge on any atom is 0.348 e. The molecule has 1 atom stereocenters. The van der Waals surface area contributed by atoms with Crippen LogP contribution in [0.2, 0.25) is 0 Å². The molecule has 0 amide bonds. The van der Waals surface area contributed by atoms with E-state index >= 15 is 0 Å². The number of anilines is 1. The number of fused-ring (bicyclic) bond motifs is 1. The van der Waals surface area contributed by atoms with Gasteiger partial charge in [0.05, 0.1) is 19.3 Å². The zero-order valence-electron chi connectivity index (χ0n) is 11.8. The highest BCUT2D eigenvalue weighted by atomic mass is 32.1. The van der Waals surface area contributed by atoms with Gasteiger partial charge in [0, 0.05) is 6.04 Å². The van der Waals surface area contributed by atoms with Crippen LogP contribution < -0.4 is 15.0 Å². The highest BCUT2D eigenvalue weighted by Crippen LogP contribution is 2.33. The van der Waals surface area contributed by atoms with E-state index in [0.717, 1.165) is 5.69 Å². The Balaban J connectivity index is 2.29. The van der Waals surface area contributed by atoms with Gasteiger partial charge < -0.3 is 19.7 Å². The van der Waals surface area contributed by atoms with E-state index in [-0.39, 0.29) is 6.04 Å². The highest BCUT2D eigenvalue weighted by Gasteiger charge is 2.33. The number of benzene rings is 1. The SMILES string of the molecule is COC(=O)[C@H]1CN(C(=S)NC(C)C)c2ccccc2O1. The number of ether oxygens (including phenoxy) is 2. The zero-order chi connectivity index (χ0) is 14.7. The molecule has 0 radical (unpaired) electrons. The molecule has 2 rings (SSSR count). The van der Waals surface area contributed by atoms with Crippen molar-refractivity contribution >= 4 is 29.0 Å². The smallest absolute Gasteiger partial charge is 0.348 e. The number of hydrogen-bond donors (Lipinski definition) is 1. The van der Waals surface area contributed by atoms with Crippen LogP contribution >= 0.6 is 12.2 Å². The van der Waals surface area contributed by atoms with E-state index in [0.29, 0.717) is 17.4 Å². The van der Waals surface area contributed by atoms with E-state index in [1.54, 1.807) is 0 Å². The minimum Gasteiger partial charge on any atom is -0.475 e. The first-order valence-electron chi connectivity index (χ1n) is 6.44. The summed E-state index contributed by atoms with van der Waals surface area (Å²) < 4.78 is 10.4. The van der Waals surface area contributed by atoms with Crippen molar-refractivity contribution in [2.75, 3.05) is 18.6 Å². The molecule has 1 aliphatic rings. The second-order valence-corrected chi connectivity index (χ2v) is 5.20. The van der Waals surface area contributed by atoms with Crippen molar-refractivity contribution in [3.05, 3.63) is 24.3 Å². The van der Waals surface area contributed by atoms with Gasteiger partial charge in [0.15, 0.2) is 5.11 Å². The molecule has 1 aromatic rings. The zero-order valence-corrected chi connectivity index (χ0v) is 12.6. The van der Waals surface area contributed by atoms with Crippen molar-refractivity contribution in [3.63, 3.8) is 0 Å². The van der Waals surface area contributed by atoms with Crippen molar-refractivity contribution < 1.29 is 14.3 Å². The van der Waals surface area contributed by atoms with Crippen LogP contribution in [0.15, 0.2) is 24.3 Å². The maximum atomic E-state index is 11.7. The van der Waals surface area contributed by atoms with Crippen molar-refractivity contribution in [3.8, 4) is 5.75 Å². The van der Waals surface area contributed by atoms with E-state index < -0.39 is 12.1 Å². The number of hydrogen-bond acceptors (Lipinski definition) is 4. The molecule has 1 aliphatic heterocycles. The summed E-state index contributed by atoms with van der Waals surface area (Å²) in [6.45, 7) is 4.36. The molecule has 0 spiro atoms. The third kappa shape index (κ3) is 3.01. The van der Waals surface area contributed by atoms with Gasteiger partial charge in [0.2, 0.25) is 6.10 Å². The second kappa shape index (κ2) is 6.09. The van der Waals surface area contributed by atoms with Gasteiger partial charge >= 0.3 is 5.97 Å². The third-order valence-electron chi connectivity index (χ3n) is 2.90. The van der Waals surface area contributed by atoms with Gasteiger partial charge in [-0.05, 0) is 38.2 Å². The third-order valence-corrected chi connectivity index (χ3v) is 3.23. The van der Waals surface area contributed by atoms with Crippen LogP contribution in [0.1, 0.15) is 13.8 Å². The minimum atomic E-state index is -0.679. The van der Waals surface area contributed by atoms with Crippen LogP contribution in [0.4, 0.5) is 5.69 Å². The molecule has 0 unspecified atom stereocenters. The molecule has 1 aromatic carbocycles. The van der Waals surface area contributed by atoms with Crippen molar-refractivity contribution in [2.24, 2.45) is 0 Å². The molecule has 0 bridgehead atoms. The molecule has 0 saturated carbocycles. The minimum absolute atomic E-state index is 0.217. The summed E-state index contributed by atoms with van der Waals surface area (Å²) >= 11 is 5.41. The Bertz CT molecular complexity index is 519. The van der Waals surface area contributed by atoms with Crippen molar-refractivity contribution in [1.82, 2.24) is 5.32 Å². The standard InChI is InChI=1S/C14H18N2O3S/c1-9(2)15-14(20)16-8-12(13(17)18-3)19-11-7-5-4-6-10(11)16/h4-7,9,12H,8H2,1-3H3,(H,15,20)/t12-/m1/s1. The molecule has 0 aliphatic carbocycles. The fourth-order valence-corrected chi connectivity index (χ4v) is 2.41. The maximum absolute atomic E-state index is 11.7. The number of thiocarbonyl (C=S) groups is 1. The Morgan fingerprint density at radius 1 is 1.50 bits per heavy atom. The first kappa shape index (κ1) is 14.6. The van der Waals surface area contributed by atoms with Crippen molar-refractivity contribution in [2.45, 2.75) is 26.0 Å². The molecule has 20 heavy (non-hydrogen) atoms. The molecule has 0 fully saturated rings. The van der Waals surface area contributed by atoms with Gasteiger partial charge in [-0.2, -0.15) is 0 Å². The van der Waals surface area contributed by atoms with Crippen LogP contribution in [-0.2, 0) is 9.53 Å². The van der Waals surface area contributed by atoms with E-state index in [1.165, 1.54) is 7.11 Å². The molecular weight excluding hydrogens is 276 g/mol. The van der Waals surface area contributed by atoms with Crippen LogP contribution in [0, 0.1) is 0 Å². The summed E-state index contributed by atoms with van der Waals surface area (Å²) in [7, 11) is 1.35. The van der Waals surface area contributed by atoms with E-state index in [4.69, 9.17) is 21.7 Å². The number of methoxy groups -OCH3 is 1. The fourth-order valence-electron chi connectivity index (χ4n) is 2.01. The fraction of sp³-hybridized carbons (Fsp3) is 0.429. The number of esters is 1. The van der Waals surface area contributed by atoms with Crippen LogP contribution in [0.25, 0.3) is 0 Å². The van der Waals surface area contributed by atoms with Crippen LogP contribution in [-0.4, -0.2) is 36.9 Å². The Hall–Kier alpha value is -1.82. The number of rotatable bonds is 2. The summed E-state index contributed by atoms with van der Waals surface area (Å²) in [5.74, 6) is 0.221. The molecule has 108 valence electrons. The Morgan fingerprint density at radius 3 is 2.85 bits per heavy atom. The number of carbonyl (C=O) groups is 1. The molecule has 0 saturated heterocycles. The first-order chi connectivity index (χ1) is 9.52. The normalized spacial score (nSPS) is 17.2. The number of carbonyl (C=O) groups excluding carboxylic acids is 1. The van der Waals surface area contributed by atoms with Gasteiger partial charge in [-0.15, -0.1) is 0 Å². The molecular formula is C14H18N2O3S. The molecule has 6 heteroatoms. The lowest BCUT2D eigenvalue weighted by atomic mass is 10.2. The predicted octanol–water partition coefficient (Wildman–Crippen LogP) is 1.71. The largest absolute Gasteiger partial charge is 0.475 e. The number of nitrogens with zero attached hydrogens (tertiary/aromatic N) is 1.